The van der Waals surface area contributed by atoms with E-state index in [1.807, 2.05) is 24.3 Å². The molecule has 0 unspecified atom stereocenters. The maximum Gasteiger partial charge on any atom is 0.225 e. The standard InChI is InChI=1S/C21H18ClFN6/c22-16-4-2-1-3-15(16)18-17-19(24)29(14-9-7-13(23)8-10-14)28-20(17)27-21(26-18)25-11-12-5-6-12/h1-4,7-10,12H,5-6,11,24H2,(H,25,27,28). The van der Waals surface area contributed by atoms with Gasteiger partial charge < -0.3 is 11.1 Å². The van der Waals surface area contributed by atoms with Gasteiger partial charge >= 0.3 is 0 Å². The molecule has 2 aromatic heterocycles. The molecule has 2 aromatic carbocycles. The quantitative estimate of drug-likeness (QED) is 0.501. The fourth-order valence-electron chi connectivity index (χ4n) is 3.28. The van der Waals surface area contributed by atoms with E-state index in [0.29, 0.717) is 45.1 Å². The molecule has 4 aromatic rings. The number of rotatable bonds is 5. The Morgan fingerprint density at radius 2 is 1.86 bits per heavy atom. The van der Waals surface area contributed by atoms with Crippen LogP contribution in [0.3, 0.4) is 0 Å². The van der Waals surface area contributed by atoms with Gasteiger partial charge in [-0.2, -0.15) is 4.98 Å². The van der Waals surface area contributed by atoms with Gasteiger partial charge in [-0.05, 0) is 49.1 Å². The Labute approximate surface area is 171 Å². The smallest absolute Gasteiger partial charge is 0.225 e. The summed E-state index contributed by atoms with van der Waals surface area (Å²) in [4.78, 5) is 9.28. The van der Waals surface area contributed by atoms with E-state index < -0.39 is 0 Å². The van der Waals surface area contributed by atoms with E-state index in [1.54, 1.807) is 16.8 Å². The number of nitrogens with two attached hydrogens (primary N) is 1. The number of nitrogens with one attached hydrogen (secondary N) is 1. The summed E-state index contributed by atoms with van der Waals surface area (Å²) in [5.41, 5.74) is 8.90. The molecule has 6 nitrogen and oxygen atoms in total. The lowest BCUT2D eigenvalue weighted by molar-refractivity contribution is 0.627. The fourth-order valence-corrected chi connectivity index (χ4v) is 3.50. The molecule has 0 bridgehead atoms. The number of anilines is 2. The van der Waals surface area contributed by atoms with Crippen molar-refractivity contribution in [2.45, 2.75) is 12.8 Å². The molecule has 1 aliphatic rings. The van der Waals surface area contributed by atoms with Gasteiger partial charge in [0, 0.05) is 17.1 Å². The lowest BCUT2D eigenvalue weighted by atomic mass is 10.1. The molecule has 0 amide bonds. The lowest BCUT2D eigenvalue weighted by Gasteiger charge is -2.09. The highest BCUT2D eigenvalue weighted by atomic mass is 35.5. The third kappa shape index (κ3) is 3.38. The maximum absolute atomic E-state index is 13.3. The molecular weight excluding hydrogens is 391 g/mol. The van der Waals surface area contributed by atoms with Gasteiger partial charge in [0.05, 0.1) is 16.8 Å². The Morgan fingerprint density at radius 3 is 2.59 bits per heavy atom. The summed E-state index contributed by atoms with van der Waals surface area (Å²) in [5, 5.41) is 9.04. The SMILES string of the molecule is Nc1c2c(-c3ccccc3Cl)nc(NCC3CC3)nc2nn1-c1ccc(F)cc1. The van der Waals surface area contributed by atoms with E-state index in [1.165, 1.54) is 25.0 Å². The molecule has 5 rings (SSSR count). The molecule has 2 heterocycles. The molecule has 146 valence electrons. The number of benzene rings is 2. The van der Waals surface area contributed by atoms with Crippen LogP contribution in [-0.4, -0.2) is 26.3 Å². The molecule has 29 heavy (non-hydrogen) atoms. The van der Waals surface area contributed by atoms with Crippen LogP contribution in [0.25, 0.3) is 28.0 Å². The second-order valence-corrected chi connectivity index (χ2v) is 7.58. The number of aromatic nitrogens is 4. The van der Waals surface area contributed by atoms with Crippen molar-refractivity contribution in [2.24, 2.45) is 5.92 Å². The molecule has 0 aliphatic heterocycles. The first-order valence-corrected chi connectivity index (χ1v) is 9.79. The Morgan fingerprint density at radius 1 is 1.10 bits per heavy atom. The summed E-state index contributed by atoms with van der Waals surface area (Å²) in [7, 11) is 0. The van der Waals surface area contributed by atoms with E-state index in [-0.39, 0.29) is 5.82 Å². The van der Waals surface area contributed by atoms with Crippen LogP contribution in [0.1, 0.15) is 12.8 Å². The van der Waals surface area contributed by atoms with Gasteiger partial charge in [0.25, 0.3) is 0 Å². The Hall–Kier alpha value is -3.19. The summed E-state index contributed by atoms with van der Waals surface area (Å²) >= 11 is 6.45. The molecular formula is C21H18ClFN6. The van der Waals surface area contributed by atoms with Crippen LogP contribution < -0.4 is 11.1 Å². The minimum Gasteiger partial charge on any atom is -0.383 e. The highest BCUT2D eigenvalue weighted by Gasteiger charge is 2.23. The van der Waals surface area contributed by atoms with Crippen molar-refractivity contribution in [2.75, 3.05) is 17.6 Å². The van der Waals surface area contributed by atoms with Crippen LogP contribution in [0.15, 0.2) is 48.5 Å². The van der Waals surface area contributed by atoms with Gasteiger partial charge in [-0.1, -0.05) is 29.8 Å². The fraction of sp³-hybridized carbons (Fsp3) is 0.190. The normalized spacial score (nSPS) is 13.7. The number of fused-ring (bicyclic) bond motifs is 1. The van der Waals surface area contributed by atoms with Crippen LogP contribution in [0, 0.1) is 11.7 Å². The van der Waals surface area contributed by atoms with Crippen molar-refractivity contribution < 1.29 is 4.39 Å². The second kappa shape index (κ2) is 7.00. The molecule has 0 spiro atoms. The molecule has 1 fully saturated rings. The molecule has 0 radical (unpaired) electrons. The first-order chi connectivity index (χ1) is 14.1. The molecule has 8 heteroatoms. The van der Waals surface area contributed by atoms with Gasteiger partial charge in [-0.3, -0.25) is 0 Å². The van der Waals surface area contributed by atoms with Crippen LogP contribution >= 0.6 is 11.6 Å². The zero-order valence-corrected chi connectivity index (χ0v) is 16.2. The molecule has 3 N–H and O–H groups in total. The molecule has 0 saturated heterocycles. The number of nitrogen functional groups attached to an aromatic ring is 1. The maximum atomic E-state index is 13.3. The average molecular weight is 409 g/mol. The molecule has 1 saturated carbocycles. The summed E-state index contributed by atoms with van der Waals surface area (Å²) < 4.78 is 14.9. The predicted molar refractivity (Wildman–Crippen MR) is 113 cm³/mol. The Balaban J connectivity index is 1.71. The first-order valence-electron chi connectivity index (χ1n) is 9.41. The zero-order chi connectivity index (χ0) is 20.0. The van der Waals surface area contributed by atoms with Crippen LogP contribution in [0.5, 0.6) is 0 Å². The minimum atomic E-state index is -0.327. The van der Waals surface area contributed by atoms with Crippen molar-refractivity contribution in [3.8, 4) is 16.9 Å². The van der Waals surface area contributed by atoms with Crippen LogP contribution in [0.4, 0.5) is 16.2 Å². The van der Waals surface area contributed by atoms with Crippen molar-refractivity contribution >= 4 is 34.4 Å². The van der Waals surface area contributed by atoms with Crippen LogP contribution in [0.2, 0.25) is 5.02 Å². The molecule has 0 atom stereocenters. The minimum absolute atomic E-state index is 0.327. The number of hydrogen-bond acceptors (Lipinski definition) is 5. The largest absolute Gasteiger partial charge is 0.383 e. The van der Waals surface area contributed by atoms with E-state index >= 15 is 0 Å². The zero-order valence-electron chi connectivity index (χ0n) is 15.4. The third-order valence-corrected chi connectivity index (χ3v) is 5.34. The number of hydrogen-bond donors (Lipinski definition) is 2. The summed E-state index contributed by atoms with van der Waals surface area (Å²) in [6, 6.07) is 13.4. The van der Waals surface area contributed by atoms with Gasteiger partial charge in [-0.15, -0.1) is 5.10 Å². The van der Waals surface area contributed by atoms with E-state index in [4.69, 9.17) is 22.3 Å². The first kappa shape index (κ1) is 17.9. The average Bonchev–Trinajstić information content (AvgIpc) is 3.50. The number of halogens is 2. The van der Waals surface area contributed by atoms with Crippen molar-refractivity contribution in [1.29, 1.82) is 0 Å². The number of nitrogens with zero attached hydrogens (tertiary/aromatic N) is 4. The van der Waals surface area contributed by atoms with E-state index in [2.05, 4.69) is 15.4 Å². The van der Waals surface area contributed by atoms with Gasteiger partial charge in [-0.25, -0.2) is 14.1 Å². The van der Waals surface area contributed by atoms with E-state index in [9.17, 15) is 4.39 Å². The van der Waals surface area contributed by atoms with Crippen molar-refractivity contribution in [1.82, 2.24) is 19.7 Å². The summed E-state index contributed by atoms with van der Waals surface area (Å²) in [6.07, 6.45) is 2.44. The summed E-state index contributed by atoms with van der Waals surface area (Å²) in [6.45, 7) is 0.821. The van der Waals surface area contributed by atoms with Gasteiger partial charge in [0.15, 0.2) is 5.65 Å². The highest BCUT2D eigenvalue weighted by Crippen LogP contribution is 2.36. The van der Waals surface area contributed by atoms with Crippen LogP contribution in [-0.2, 0) is 0 Å². The highest BCUT2D eigenvalue weighted by molar-refractivity contribution is 6.33. The van der Waals surface area contributed by atoms with Crippen molar-refractivity contribution in [3.05, 3.63) is 59.4 Å². The second-order valence-electron chi connectivity index (χ2n) is 7.17. The Kier molecular flexibility index (Phi) is 4.32. The topological polar surface area (TPSA) is 81.7 Å². The Bertz CT molecular complexity index is 1200. The predicted octanol–water partition coefficient (Wildman–Crippen LogP) is 4.68. The van der Waals surface area contributed by atoms with Gasteiger partial charge in [0.2, 0.25) is 5.95 Å². The third-order valence-electron chi connectivity index (χ3n) is 5.01. The van der Waals surface area contributed by atoms with E-state index in [0.717, 1.165) is 12.1 Å². The van der Waals surface area contributed by atoms with Crippen molar-refractivity contribution in [3.63, 3.8) is 0 Å². The summed E-state index contributed by atoms with van der Waals surface area (Å²) in [5.74, 6) is 1.20. The lowest BCUT2D eigenvalue weighted by Crippen LogP contribution is -2.08. The van der Waals surface area contributed by atoms with Gasteiger partial charge in [0.1, 0.15) is 11.6 Å². The monoisotopic (exact) mass is 408 g/mol. The molecule has 1 aliphatic carbocycles.